The van der Waals surface area contributed by atoms with Crippen molar-refractivity contribution in [2.24, 2.45) is 0 Å². The summed E-state index contributed by atoms with van der Waals surface area (Å²) in [5, 5.41) is 30.3. The number of hydrogen-bond donors (Lipinski definition) is 3. The molecule has 0 aliphatic rings. The first-order valence-corrected chi connectivity index (χ1v) is 5.55. The third kappa shape index (κ3) is 3.05. The number of nitriles is 1. The number of phenols is 2. The quantitative estimate of drug-likeness (QED) is 0.491. The molecule has 7 nitrogen and oxygen atoms in total. The van der Waals surface area contributed by atoms with Gasteiger partial charge in [0, 0.05) is 6.20 Å². The van der Waals surface area contributed by atoms with Gasteiger partial charge in [-0.25, -0.2) is 0 Å². The summed E-state index contributed by atoms with van der Waals surface area (Å²) in [5.74, 6) is -0.726. The summed E-state index contributed by atoms with van der Waals surface area (Å²) in [6, 6.07) is 3.80. The molecule has 0 aromatic heterocycles. The molecule has 0 bridgehead atoms. The van der Waals surface area contributed by atoms with Crippen molar-refractivity contribution in [2.75, 3.05) is 0 Å². The fourth-order valence-electron chi connectivity index (χ4n) is 1.71. The van der Waals surface area contributed by atoms with Gasteiger partial charge in [0.2, 0.25) is 12.8 Å². The van der Waals surface area contributed by atoms with E-state index >= 15 is 0 Å². The van der Waals surface area contributed by atoms with Gasteiger partial charge in [-0.05, 0) is 17.7 Å². The highest BCUT2D eigenvalue weighted by Crippen LogP contribution is 2.29. The molecule has 2 amide bonds. The Balaban J connectivity index is 3.24. The fourth-order valence-corrected chi connectivity index (χ4v) is 1.71. The van der Waals surface area contributed by atoms with E-state index in [1.54, 1.807) is 0 Å². The van der Waals surface area contributed by atoms with E-state index in [9.17, 15) is 25.1 Å². The molecule has 1 aromatic rings. The molecular weight excluding hydrogens is 262 g/mol. The molecule has 0 saturated heterocycles. The maximum atomic E-state index is 10.9. The van der Waals surface area contributed by atoms with Crippen molar-refractivity contribution in [1.82, 2.24) is 10.2 Å². The second-order valence-corrected chi connectivity index (χ2v) is 3.82. The molecule has 2 atom stereocenters. The predicted octanol–water partition coefficient (Wildman–Crippen LogP) is 0.379. The zero-order chi connectivity index (χ0) is 15.1. The number of carbonyl (C=O) groups is 2. The third-order valence-electron chi connectivity index (χ3n) is 2.71. The summed E-state index contributed by atoms with van der Waals surface area (Å²) in [5.41, 5.74) is 0.354. The Labute approximate surface area is 115 Å². The summed E-state index contributed by atoms with van der Waals surface area (Å²) >= 11 is 0. The topological polar surface area (TPSA) is 114 Å². The van der Waals surface area contributed by atoms with Crippen molar-refractivity contribution in [1.29, 1.82) is 5.26 Å². The number of phenolic OH excluding ortho intramolecular Hbond substituents is 2. The Hall–Kier alpha value is -3.01. The maximum absolute atomic E-state index is 10.9. The van der Waals surface area contributed by atoms with Crippen LogP contribution in [-0.4, -0.2) is 34.0 Å². The molecule has 0 saturated carbocycles. The van der Waals surface area contributed by atoms with Gasteiger partial charge >= 0.3 is 0 Å². The average Bonchev–Trinajstić information content (AvgIpc) is 2.46. The van der Waals surface area contributed by atoms with E-state index in [0.717, 1.165) is 11.1 Å². The van der Waals surface area contributed by atoms with E-state index in [2.05, 4.69) is 11.9 Å². The first kappa shape index (κ1) is 15.0. The van der Waals surface area contributed by atoms with Gasteiger partial charge in [0.15, 0.2) is 11.5 Å². The summed E-state index contributed by atoms with van der Waals surface area (Å²) in [7, 11) is 0. The van der Waals surface area contributed by atoms with Crippen LogP contribution in [0, 0.1) is 11.3 Å². The lowest BCUT2D eigenvalue weighted by Gasteiger charge is -2.27. The molecule has 0 spiro atoms. The summed E-state index contributed by atoms with van der Waals surface area (Å²) in [4.78, 5) is 22.6. The minimum absolute atomic E-state index is 0.330. The van der Waals surface area contributed by atoms with Crippen LogP contribution in [0.1, 0.15) is 11.6 Å². The number of amides is 2. The first-order valence-electron chi connectivity index (χ1n) is 5.55. The molecule has 3 N–H and O–H groups in total. The zero-order valence-corrected chi connectivity index (χ0v) is 10.4. The molecule has 0 radical (unpaired) electrons. The van der Waals surface area contributed by atoms with Gasteiger partial charge in [0.1, 0.15) is 6.04 Å². The van der Waals surface area contributed by atoms with E-state index in [-0.39, 0.29) is 5.75 Å². The Kier molecular flexibility index (Phi) is 5.12. The van der Waals surface area contributed by atoms with Gasteiger partial charge in [-0.2, -0.15) is 5.26 Å². The van der Waals surface area contributed by atoms with Crippen LogP contribution in [0.25, 0.3) is 0 Å². The van der Waals surface area contributed by atoms with E-state index in [1.807, 2.05) is 6.07 Å². The lowest BCUT2D eigenvalue weighted by molar-refractivity contribution is -0.118. The van der Waals surface area contributed by atoms with Gasteiger partial charge in [0.25, 0.3) is 0 Å². The zero-order valence-electron chi connectivity index (χ0n) is 10.4. The highest BCUT2D eigenvalue weighted by Gasteiger charge is 2.27. The van der Waals surface area contributed by atoms with Gasteiger partial charge in [-0.3, -0.25) is 9.59 Å². The normalized spacial score (nSPS) is 12.6. The summed E-state index contributed by atoms with van der Waals surface area (Å²) in [6.45, 7) is 3.41. The standard InChI is InChI=1S/C13H13N3O4/c1-2-16(8-18)10(6-14)13(15-7-17)9-3-4-11(19)12(20)5-9/h2-5,7-8,10,13,19-20H,1H2,(H,15,17). The number of rotatable bonds is 7. The van der Waals surface area contributed by atoms with Gasteiger partial charge < -0.3 is 20.4 Å². The second-order valence-electron chi connectivity index (χ2n) is 3.82. The van der Waals surface area contributed by atoms with Crippen molar-refractivity contribution >= 4 is 12.8 Å². The van der Waals surface area contributed by atoms with Crippen molar-refractivity contribution < 1.29 is 19.8 Å². The molecule has 1 aromatic carbocycles. The second kappa shape index (κ2) is 6.80. The Bertz CT molecular complexity index is 545. The van der Waals surface area contributed by atoms with Gasteiger partial charge in [-0.1, -0.05) is 12.6 Å². The molecule has 0 heterocycles. The van der Waals surface area contributed by atoms with Crippen molar-refractivity contribution in [3.8, 4) is 17.6 Å². The minimum Gasteiger partial charge on any atom is -0.504 e. The fraction of sp³-hybridized carbons (Fsp3) is 0.154. The van der Waals surface area contributed by atoms with Crippen LogP contribution < -0.4 is 5.32 Å². The monoisotopic (exact) mass is 275 g/mol. The van der Waals surface area contributed by atoms with Crippen LogP contribution in [-0.2, 0) is 9.59 Å². The number of nitrogens with one attached hydrogen (secondary N) is 1. The predicted molar refractivity (Wildman–Crippen MR) is 69.2 cm³/mol. The van der Waals surface area contributed by atoms with Crippen molar-refractivity contribution in [2.45, 2.75) is 12.1 Å². The number of benzene rings is 1. The number of nitrogens with zero attached hydrogens (tertiary/aromatic N) is 2. The highest BCUT2D eigenvalue weighted by molar-refractivity contribution is 5.54. The Morgan fingerprint density at radius 3 is 2.50 bits per heavy atom. The molecule has 7 heteroatoms. The van der Waals surface area contributed by atoms with Gasteiger partial charge in [-0.15, -0.1) is 0 Å². The van der Waals surface area contributed by atoms with Gasteiger partial charge in [0.05, 0.1) is 12.1 Å². The minimum atomic E-state index is -1.04. The van der Waals surface area contributed by atoms with E-state index in [4.69, 9.17) is 0 Å². The molecular formula is C13H13N3O4. The lowest BCUT2D eigenvalue weighted by Crippen LogP contribution is -2.40. The SMILES string of the molecule is C=CN(C=O)C(C#N)C(NC=O)c1ccc(O)c(O)c1. The maximum Gasteiger partial charge on any atom is 0.214 e. The molecule has 104 valence electrons. The largest absolute Gasteiger partial charge is 0.504 e. The van der Waals surface area contributed by atoms with E-state index < -0.39 is 17.8 Å². The van der Waals surface area contributed by atoms with E-state index in [1.165, 1.54) is 18.2 Å². The molecule has 0 aliphatic carbocycles. The number of hydrogen-bond acceptors (Lipinski definition) is 5. The van der Waals surface area contributed by atoms with Crippen LogP contribution in [0.3, 0.4) is 0 Å². The van der Waals surface area contributed by atoms with Crippen LogP contribution in [0.5, 0.6) is 11.5 Å². The smallest absolute Gasteiger partial charge is 0.214 e. The number of carbonyl (C=O) groups excluding carboxylic acids is 2. The molecule has 0 aliphatic heterocycles. The lowest BCUT2D eigenvalue weighted by atomic mass is 9.99. The highest BCUT2D eigenvalue weighted by atomic mass is 16.3. The average molecular weight is 275 g/mol. The van der Waals surface area contributed by atoms with Crippen molar-refractivity contribution in [3.05, 3.63) is 36.5 Å². The summed E-state index contributed by atoms with van der Waals surface area (Å²) in [6.07, 6.45) is 1.94. The first-order chi connectivity index (χ1) is 9.58. The Morgan fingerprint density at radius 2 is 2.05 bits per heavy atom. The Morgan fingerprint density at radius 1 is 1.35 bits per heavy atom. The van der Waals surface area contributed by atoms with Crippen LogP contribution >= 0.6 is 0 Å². The van der Waals surface area contributed by atoms with Crippen LogP contribution in [0.2, 0.25) is 0 Å². The third-order valence-corrected chi connectivity index (χ3v) is 2.71. The van der Waals surface area contributed by atoms with Crippen LogP contribution in [0.15, 0.2) is 31.0 Å². The summed E-state index contributed by atoms with van der Waals surface area (Å²) < 4.78 is 0. The van der Waals surface area contributed by atoms with Crippen molar-refractivity contribution in [3.63, 3.8) is 0 Å². The van der Waals surface area contributed by atoms with E-state index in [0.29, 0.717) is 18.4 Å². The van der Waals surface area contributed by atoms with Crippen LogP contribution in [0.4, 0.5) is 0 Å². The number of aromatic hydroxyl groups is 2. The molecule has 1 rings (SSSR count). The molecule has 2 unspecified atom stereocenters. The molecule has 0 fully saturated rings. The molecule has 20 heavy (non-hydrogen) atoms.